The Hall–Kier alpha value is -2.51. The molecule has 134 valence electrons. The zero-order valence-corrected chi connectivity index (χ0v) is 15.1. The van der Waals surface area contributed by atoms with Crippen molar-refractivity contribution in [1.82, 2.24) is 14.9 Å². The molecule has 3 heterocycles. The van der Waals surface area contributed by atoms with E-state index in [1.54, 1.807) is 17.5 Å². The number of carbonyl (C=O) groups excluding carboxylic acids is 1. The molecule has 6 nitrogen and oxygen atoms in total. The highest BCUT2D eigenvalue weighted by Gasteiger charge is 2.24. The molecule has 2 amide bonds. The topological polar surface area (TPSA) is 67.4 Å². The van der Waals surface area contributed by atoms with Crippen molar-refractivity contribution in [2.75, 3.05) is 18.4 Å². The van der Waals surface area contributed by atoms with Crippen molar-refractivity contribution in [3.63, 3.8) is 0 Å². The Balaban J connectivity index is 1.33. The number of nitrogens with one attached hydrogen (secondary N) is 1. The molecule has 0 saturated carbocycles. The van der Waals surface area contributed by atoms with Crippen LogP contribution in [-0.4, -0.2) is 40.1 Å². The second-order valence-electron chi connectivity index (χ2n) is 6.35. The summed E-state index contributed by atoms with van der Waals surface area (Å²) < 4.78 is 7.09. The van der Waals surface area contributed by atoms with E-state index >= 15 is 0 Å². The van der Waals surface area contributed by atoms with Gasteiger partial charge in [0.15, 0.2) is 0 Å². The number of rotatable bonds is 4. The van der Waals surface area contributed by atoms with Crippen LogP contribution in [0.1, 0.15) is 18.4 Å². The summed E-state index contributed by atoms with van der Waals surface area (Å²) in [7, 11) is 0. The summed E-state index contributed by atoms with van der Waals surface area (Å²) in [5, 5.41) is 2.97. The Bertz CT molecular complexity index is 883. The molecule has 1 aliphatic rings. The van der Waals surface area contributed by atoms with E-state index in [1.807, 2.05) is 46.9 Å². The molecule has 0 radical (unpaired) electrons. The van der Waals surface area contributed by atoms with Crippen LogP contribution in [0.3, 0.4) is 0 Å². The molecule has 1 aromatic carbocycles. The van der Waals surface area contributed by atoms with Crippen LogP contribution in [0.25, 0.3) is 10.2 Å². The molecule has 7 heteroatoms. The Morgan fingerprint density at radius 2 is 2.35 bits per heavy atom. The first kappa shape index (κ1) is 16.9. The molecule has 3 aromatic rings. The van der Waals surface area contributed by atoms with Gasteiger partial charge < -0.3 is 15.0 Å². The molecule has 1 atom stereocenters. The number of urea groups is 1. The van der Waals surface area contributed by atoms with Crippen LogP contribution >= 0.6 is 11.3 Å². The maximum absolute atomic E-state index is 12.6. The molecule has 1 N–H and O–H groups in total. The van der Waals surface area contributed by atoms with Crippen molar-refractivity contribution >= 4 is 33.3 Å². The van der Waals surface area contributed by atoms with Crippen molar-refractivity contribution in [3.05, 3.63) is 53.8 Å². The average Bonchev–Trinajstić information content (AvgIpc) is 3.15. The minimum absolute atomic E-state index is 0.0516. The summed E-state index contributed by atoms with van der Waals surface area (Å²) in [6.07, 6.45) is 5.52. The van der Waals surface area contributed by atoms with Gasteiger partial charge in [0.2, 0.25) is 0 Å². The Labute approximate surface area is 155 Å². The molecule has 4 rings (SSSR count). The predicted molar refractivity (Wildman–Crippen MR) is 102 cm³/mol. The largest absolute Gasteiger partial charge is 0.372 e. The lowest BCUT2D eigenvalue weighted by Crippen LogP contribution is -2.45. The molecule has 0 aliphatic carbocycles. The fraction of sp³-hybridized carbons (Fsp3) is 0.316. The lowest BCUT2D eigenvalue weighted by molar-refractivity contribution is 0.000916. The van der Waals surface area contributed by atoms with E-state index < -0.39 is 0 Å². The van der Waals surface area contributed by atoms with E-state index in [4.69, 9.17) is 4.74 Å². The van der Waals surface area contributed by atoms with Gasteiger partial charge in [0.1, 0.15) is 0 Å². The predicted octanol–water partition coefficient (Wildman–Crippen LogP) is 3.90. The number of thiazole rings is 1. The van der Waals surface area contributed by atoms with Crippen LogP contribution in [0.5, 0.6) is 0 Å². The summed E-state index contributed by atoms with van der Waals surface area (Å²) in [5.74, 6) is 0. The van der Waals surface area contributed by atoms with Crippen LogP contribution < -0.4 is 5.32 Å². The maximum Gasteiger partial charge on any atom is 0.321 e. The van der Waals surface area contributed by atoms with Gasteiger partial charge in [0.05, 0.1) is 28.4 Å². The van der Waals surface area contributed by atoms with E-state index in [-0.39, 0.29) is 12.1 Å². The third-order valence-corrected chi connectivity index (χ3v) is 5.27. The van der Waals surface area contributed by atoms with Crippen LogP contribution in [-0.2, 0) is 11.3 Å². The first-order chi connectivity index (χ1) is 12.8. The number of carbonyl (C=O) groups is 1. The first-order valence-electron chi connectivity index (χ1n) is 8.67. The van der Waals surface area contributed by atoms with Gasteiger partial charge >= 0.3 is 6.03 Å². The fourth-order valence-electron chi connectivity index (χ4n) is 3.09. The van der Waals surface area contributed by atoms with Gasteiger partial charge in [0.25, 0.3) is 0 Å². The second-order valence-corrected chi connectivity index (χ2v) is 7.23. The third kappa shape index (κ3) is 4.00. The number of nitrogens with zero attached hydrogens (tertiary/aromatic N) is 3. The van der Waals surface area contributed by atoms with Gasteiger partial charge in [-0.3, -0.25) is 4.98 Å². The van der Waals surface area contributed by atoms with Crippen molar-refractivity contribution in [2.24, 2.45) is 0 Å². The minimum Gasteiger partial charge on any atom is -0.372 e. The molecule has 1 aliphatic heterocycles. The fourth-order valence-corrected chi connectivity index (χ4v) is 3.75. The Morgan fingerprint density at radius 1 is 1.38 bits per heavy atom. The van der Waals surface area contributed by atoms with Crippen molar-refractivity contribution in [3.8, 4) is 0 Å². The highest BCUT2D eigenvalue weighted by molar-refractivity contribution is 7.16. The van der Waals surface area contributed by atoms with Gasteiger partial charge in [0, 0.05) is 31.2 Å². The van der Waals surface area contributed by atoms with Crippen molar-refractivity contribution < 1.29 is 9.53 Å². The zero-order valence-electron chi connectivity index (χ0n) is 14.3. The third-order valence-electron chi connectivity index (χ3n) is 4.46. The van der Waals surface area contributed by atoms with Gasteiger partial charge in [-0.15, -0.1) is 11.3 Å². The number of ether oxygens (including phenoxy) is 1. The van der Waals surface area contributed by atoms with E-state index in [9.17, 15) is 4.79 Å². The number of pyridine rings is 1. The monoisotopic (exact) mass is 368 g/mol. The highest BCUT2D eigenvalue weighted by Crippen LogP contribution is 2.22. The van der Waals surface area contributed by atoms with Crippen molar-refractivity contribution in [2.45, 2.75) is 25.6 Å². The number of hydrogen-bond acceptors (Lipinski definition) is 5. The molecule has 26 heavy (non-hydrogen) atoms. The molecule has 1 saturated heterocycles. The Kier molecular flexibility index (Phi) is 5.08. The van der Waals surface area contributed by atoms with E-state index in [0.717, 1.165) is 40.9 Å². The quantitative estimate of drug-likeness (QED) is 0.758. The number of anilines is 1. The standard InChI is InChI=1S/C19H20N4O2S/c24-19(22-15-5-6-18-17(9-15)21-13-26-18)23-8-2-4-16(11-23)25-12-14-3-1-7-20-10-14/h1,3,5-7,9-10,13,16H,2,4,8,11-12H2,(H,22,24)/t16-/m0/s1. The number of hydrogen-bond donors (Lipinski definition) is 1. The number of amides is 2. The second kappa shape index (κ2) is 7.80. The van der Waals surface area contributed by atoms with Gasteiger partial charge in [-0.25, -0.2) is 9.78 Å². The van der Waals surface area contributed by atoms with E-state index in [2.05, 4.69) is 15.3 Å². The number of likely N-dealkylation sites (tertiary alicyclic amines) is 1. The lowest BCUT2D eigenvalue weighted by atomic mass is 10.1. The summed E-state index contributed by atoms with van der Waals surface area (Å²) in [6.45, 7) is 1.87. The molecular formula is C19H20N4O2S. The van der Waals surface area contributed by atoms with Crippen LogP contribution in [0.4, 0.5) is 10.5 Å². The summed E-state index contributed by atoms with van der Waals surface area (Å²) in [6, 6.07) is 9.61. The first-order valence-corrected chi connectivity index (χ1v) is 9.55. The van der Waals surface area contributed by atoms with E-state index in [1.165, 1.54) is 0 Å². The number of benzene rings is 1. The molecule has 0 bridgehead atoms. The SMILES string of the molecule is O=C(Nc1ccc2scnc2c1)N1CCC[C@H](OCc2cccnc2)C1. The normalized spacial score (nSPS) is 17.4. The smallest absolute Gasteiger partial charge is 0.321 e. The van der Waals surface area contributed by atoms with Gasteiger partial charge in [-0.2, -0.15) is 0 Å². The van der Waals surface area contributed by atoms with Gasteiger partial charge in [-0.1, -0.05) is 6.07 Å². The van der Waals surface area contributed by atoms with Crippen LogP contribution in [0.2, 0.25) is 0 Å². The minimum atomic E-state index is -0.0887. The van der Waals surface area contributed by atoms with Gasteiger partial charge in [-0.05, 0) is 42.7 Å². The van der Waals surface area contributed by atoms with Crippen LogP contribution in [0, 0.1) is 0 Å². The molecular weight excluding hydrogens is 348 g/mol. The Morgan fingerprint density at radius 3 is 3.23 bits per heavy atom. The number of piperidine rings is 1. The molecule has 0 unspecified atom stereocenters. The number of fused-ring (bicyclic) bond motifs is 1. The molecule has 2 aromatic heterocycles. The van der Waals surface area contributed by atoms with Crippen molar-refractivity contribution in [1.29, 1.82) is 0 Å². The highest BCUT2D eigenvalue weighted by atomic mass is 32.1. The summed E-state index contributed by atoms with van der Waals surface area (Å²) in [4.78, 5) is 22.8. The van der Waals surface area contributed by atoms with Crippen LogP contribution in [0.15, 0.2) is 48.2 Å². The zero-order chi connectivity index (χ0) is 17.8. The number of aromatic nitrogens is 2. The van der Waals surface area contributed by atoms with E-state index in [0.29, 0.717) is 13.2 Å². The summed E-state index contributed by atoms with van der Waals surface area (Å²) >= 11 is 1.59. The maximum atomic E-state index is 12.6. The summed E-state index contributed by atoms with van der Waals surface area (Å²) in [5.41, 5.74) is 4.53. The molecule has 1 fully saturated rings. The lowest BCUT2D eigenvalue weighted by Gasteiger charge is -2.32. The average molecular weight is 368 g/mol. The molecule has 0 spiro atoms.